The van der Waals surface area contributed by atoms with Gasteiger partial charge in [-0.15, -0.1) is 0 Å². The number of nitrogens with one attached hydrogen (secondary N) is 1. The van der Waals surface area contributed by atoms with Gasteiger partial charge >= 0.3 is 19.5 Å². The molecular formula is C20H31BrNO7P. The molecule has 1 aromatic rings. The van der Waals surface area contributed by atoms with E-state index < -0.39 is 36.7 Å². The fourth-order valence-electron chi connectivity index (χ4n) is 3.07. The van der Waals surface area contributed by atoms with Crippen LogP contribution in [0.3, 0.4) is 0 Å². The highest BCUT2D eigenvalue weighted by molar-refractivity contribution is 9.10. The number of carbonyl (C=O) groups excluding carboxylic acids is 2. The third kappa shape index (κ3) is 6.62. The van der Waals surface area contributed by atoms with Crippen molar-refractivity contribution in [3.63, 3.8) is 0 Å². The van der Waals surface area contributed by atoms with Gasteiger partial charge < -0.3 is 18.5 Å². The minimum Gasteiger partial charge on any atom is -0.468 e. The van der Waals surface area contributed by atoms with Crippen molar-refractivity contribution < 1.29 is 32.7 Å². The van der Waals surface area contributed by atoms with Gasteiger partial charge in [-0.1, -0.05) is 48.0 Å². The molecule has 170 valence electrons. The molecule has 8 nitrogen and oxygen atoms in total. The highest BCUT2D eigenvalue weighted by Crippen LogP contribution is 2.60. The van der Waals surface area contributed by atoms with Crippen LogP contribution >= 0.6 is 23.5 Å². The van der Waals surface area contributed by atoms with Crippen molar-refractivity contribution in [3.8, 4) is 0 Å². The Morgan fingerprint density at radius 3 is 2.00 bits per heavy atom. The Kier molecular flexibility index (Phi) is 10.7. The molecule has 1 aromatic carbocycles. The van der Waals surface area contributed by atoms with Crippen LogP contribution in [0, 0.1) is 11.3 Å². The Morgan fingerprint density at radius 1 is 1.07 bits per heavy atom. The van der Waals surface area contributed by atoms with E-state index in [-0.39, 0.29) is 19.8 Å². The maximum absolute atomic E-state index is 13.6. The summed E-state index contributed by atoms with van der Waals surface area (Å²) in [5.74, 6) is -3.41. The van der Waals surface area contributed by atoms with Gasteiger partial charge in [-0.3, -0.25) is 19.5 Å². The summed E-state index contributed by atoms with van der Waals surface area (Å²) in [5.41, 5.74) is -0.255. The molecule has 0 aliphatic rings. The highest BCUT2D eigenvalue weighted by Gasteiger charge is 2.45. The van der Waals surface area contributed by atoms with Crippen LogP contribution in [0.5, 0.6) is 0 Å². The van der Waals surface area contributed by atoms with E-state index in [9.17, 15) is 14.2 Å². The number of halogens is 1. The summed E-state index contributed by atoms with van der Waals surface area (Å²) in [4.78, 5) is 24.5. The van der Waals surface area contributed by atoms with Crippen LogP contribution in [0.2, 0.25) is 0 Å². The third-order valence-corrected chi connectivity index (χ3v) is 7.59. The number of ether oxygens (including phenoxy) is 2. The molecule has 0 saturated heterocycles. The molecule has 0 saturated carbocycles. The van der Waals surface area contributed by atoms with Crippen LogP contribution in [-0.4, -0.2) is 45.9 Å². The SMILES string of the molecule is CCOP(=O)(OCC)C(NCC(C)(C)C(C(=O)OC)C(=O)OC)c1ccccc1Br. The third-order valence-electron chi connectivity index (χ3n) is 4.54. The molecule has 30 heavy (non-hydrogen) atoms. The minimum atomic E-state index is -3.63. The molecule has 1 atom stereocenters. The van der Waals surface area contributed by atoms with Crippen molar-refractivity contribution in [1.82, 2.24) is 5.32 Å². The van der Waals surface area contributed by atoms with Gasteiger partial charge in [0.2, 0.25) is 0 Å². The van der Waals surface area contributed by atoms with Crippen molar-refractivity contribution >= 4 is 35.5 Å². The summed E-state index contributed by atoms with van der Waals surface area (Å²) in [6.07, 6.45) is 0. The summed E-state index contributed by atoms with van der Waals surface area (Å²) in [6, 6.07) is 7.28. The van der Waals surface area contributed by atoms with E-state index in [2.05, 4.69) is 21.2 Å². The lowest BCUT2D eigenvalue weighted by atomic mass is 9.78. The predicted molar refractivity (Wildman–Crippen MR) is 117 cm³/mol. The van der Waals surface area contributed by atoms with Crippen LogP contribution < -0.4 is 5.32 Å². The number of benzene rings is 1. The van der Waals surface area contributed by atoms with Gasteiger partial charge in [-0.2, -0.15) is 0 Å². The number of esters is 2. The van der Waals surface area contributed by atoms with E-state index in [0.717, 1.165) is 4.47 Å². The monoisotopic (exact) mass is 507 g/mol. The molecule has 0 heterocycles. The zero-order valence-electron chi connectivity index (χ0n) is 18.3. The van der Waals surface area contributed by atoms with Crippen LogP contribution in [0.15, 0.2) is 28.7 Å². The fraction of sp³-hybridized carbons (Fsp3) is 0.600. The number of hydrogen-bond acceptors (Lipinski definition) is 8. The van der Waals surface area contributed by atoms with Crippen LogP contribution in [0.1, 0.15) is 39.0 Å². The van der Waals surface area contributed by atoms with Gasteiger partial charge in [-0.05, 0) is 25.5 Å². The lowest BCUT2D eigenvalue weighted by Gasteiger charge is -2.34. The van der Waals surface area contributed by atoms with E-state index in [0.29, 0.717) is 5.56 Å². The van der Waals surface area contributed by atoms with Crippen molar-refractivity contribution in [3.05, 3.63) is 34.3 Å². The molecule has 0 fully saturated rings. The van der Waals surface area contributed by atoms with E-state index >= 15 is 0 Å². The maximum Gasteiger partial charge on any atom is 0.351 e. The molecule has 0 aliphatic carbocycles. The number of rotatable bonds is 12. The molecule has 1 unspecified atom stereocenters. The summed E-state index contributed by atoms with van der Waals surface area (Å²) in [7, 11) is -1.20. The van der Waals surface area contributed by atoms with Crippen molar-refractivity contribution in [2.24, 2.45) is 11.3 Å². The Labute approximate surface area is 186 Å². The zero-order chi connectivity index (χ0) is 22.9. The number of methoxy groups -OCH3 is 2. The number of hydrogen-bond donors (Lipinski definition) is 1. The predicted octanol–water partition coefficient (Wildman–Crippen LogP) is 4.29. The molecule has 1 rings (SSSR count). The smallest absolute Gasteiger partial charge is 0.351 e. The first-order chi connectivity index (χ1) is 14.1. The molecule has 0 amide bonds. The van der Waals surface area contributed by atoms with Crippen molar-refractivity contribution in [1.29, 1.82) is 0 Å². The summed E-state index contributed by atoms with van der Waals surface area (Å²) in [5, 5.41) is 3.21. The Hall–Kier alpha value is -1.25. The molecule has 0 aromatic heterocycles. The first-order valence-corrected chi connectivity index (χ1v) is 12.0. The summed E-state index contributed by atoms with van der Waals surface area (Å²) >= 11 is 3.49. The molecule has 0 spiro atoms. The van der Waals surface area contributed by atoms with E-state index in [1.165, 1.54) is 14.2 Å². The lowest BCUT2D eigenvalue weighted by Crippen LogP contribution is -2.45. The quantitative estimate of drug-likeness (QED) is 0.254. The van der Waals surface area contributed by atoms with Gasteiger partial charge in [0.1, 0.15) is 5.78 Å². The Bertz CT molecular complexity index is 745. The van der Waals surface area contributed by atoms with E-state index in [1.54, 1.807) is 33.8 Å². The maximum atomic E-state index is 13.6. The summed E-state index contributed by atoms with van der Waals surface area (Å²) < 4.78 is 35.1. The lowest BCUT2D eigenvalue weighted by molar-refractivity contribution is -0.164. The fourth-order valence-corrected chi connectivity index (χ4v) is 5.73. The first kappa shape index (κ1) is 26.8. The molecule has 1 N–H and O–H groups in total. The van der Waals surface area contributed by atoms with Gasteiger partial charge in [0.15, 0.2) is 5.92 Å². The zero-order valence-corrected chi connectivity index (χ0v) is 20.7. The molecule has 0 radical (unpaired) electrons. The van der Waals surface area contributed by atoms with Crippen LogP contribution in [0.25, 0.3) is 0 Å². The molecule has 0 bridgehead atoms. The van der Waals surface area contributed by atoms with Crippen LogP contribution in [0.4, 0.5) is 0 Å². The van der Waals surface area contributed by atoms with E-state index in [4.69, 9.17) is 18.5 Å². The second-order valence-corrected chi connectivity index (χ2v) is 10.1. The average Bonchev–Trinajstić information content (AvgIpc) is 2.69. The second-order valence-electron chi connectivity index (χ2n) is 7.15. The molecule has 0 aliphatic heterocycles. The first-order valence-electron chi connectivity index (χ1n) is 9.60. The van der Waals surface area contributed by atoms with E-state index in [1.807, 2.05) is 18.2 Å². The summed E-state index contributed by atoms with van der Waals surface area (Å²) in [6.45, 7) is 7.42. The van der Waals surface area contributed by atoms with Gasteiger partial charge in [0.05, 0.1) is 27.4 Å². The largest absolute Gasteiger partial charge is 0.468 e. The van der Waals surface area contributed by atoms with Gasteiger partial charge in [-0.25, -0.2) is 0 Å². The molecule has 10 heteroatoms. The highest BCUT2D eigenvalue weighted by atomic mass is 79.9. The average molecular weight is 508 g/mol. The van der Waals surface area contributed by atoms with Gasteiger partial charge in [0.25, 0.3) is 0 Å². The number of carbonyl (C=O) groups is 2. The Morgan fingerprint density at radius 2 is 1.57 bits per heavy atom. The Balaban J connectivity index is 3.33. The standard InChI is InChI=1S/C20H31BrNO7P/c1-7-28-30(25,29-8-2)17(14-11-9-10-12-15(14)21)22-13-20(3,4)16(18(23)26-5)19(24)27-6/h9-12,16-17,22H,7-8,13H2,1-6H3. The van der Waals surface area contributed by atoms with Gasteiger partial charge in [0, 0.05) is 16.4 Å². The normalized spacial score (nSPS) is 13.2. The van der Waals surface area contributed by atoms with Crippen LogP contribution in [-0.2, 0) is 32.7 Å². The molecular weight excluding hydrogens is 477 g/mol. The van der Waals surface area contributed by atoms with Crippen molar-refractivity contribution in [2.75, 3.05) is 34.0 Å². The van der Waals surface area contributed by atoms with Crippen molar-refractivity contribution in [2.45, 2.75) is 33.5 Å². The second kappa shape index (κ2) is 12.0. The topological polar surface area (TPSA) is 100 Å². The minimum absolute atomic E-state index is 0.123.